The fourth-order valence-electron chi connectivity index (χ4n) is 2.35. The third-order valence-electron chi connectivity index (χ3n) is 3.40. The van der Waals surface area contributed by atoms with Crippen molar-refractivity contribution in [2.45, 2.75) is 58.6 Å². The molecule has 0 aliphatic carbocycles. The summed E-state index contributed by atoms with van der Waals surface area (Å²) in [6.45, 7) is 6.51. The SMILES string of the molecule is COC(=O)CC(C)(C)CC(=O)NC(C)C1CCCO1. The van der Waals surface area contributed by atoms with Crippen molar-refractivity contribution in [2.75, 3.05) is 13.7 Å². The third-order valence-corrected chi connectivity index (χ3v) is 3.40. The van der Waals surface area contributed by atoms with Crippen LogP contribution in [-0.2, 0) is 19.1 Å². The van der Waals surface area contributed by atoms with Crippen molar-refractivity contribution in [2.24, 2.45) is 5.41 Å². The number of ether oxygens (including phenoxy) is 2. The van der Waals surface area contributed by atoms with E-state index in [0.717, 1.165) is 19.4 Å². The van der Waals surface area contributed by atoms with Gasteiger partial charge in [0.25, 0.3) is 0 Å². The van der Waals surface area contributed by atoms with E-state index in [1.54, 1.807) is 0 Å². The highest BCUT2D eigenvalue weighted by molar-refractivity contribution is 5.78. The predicted molar refractivity (Wildman–Crippen MR) is 71.6 cm³/mol. The minimum absolute atomic E-state index is 0.0175. The predicted octanol–water partition coefficient (Wildman–Crippen LogP) is 1.65. The Morgan fingerprint density at radius 2 is 2.11 bits per heavy atom. The molecule has 2 atom stereocenters. The van der Waals surface area contributed by atoms with Crippen molar-refractivity contribution in [1.29, 1.82) is 0 Å². The molecule has 1 N–H and O–H groups in total. The summed E-state index contributed by atoms with van der Waals surface area (Å²) >= 11 is 0. The van der Waals surface area contributed by atoms with Crippen LogP contribution in [0.2, 0.25) is 0 Å². The molecule has 1 saturated heterocycles. The average Bonchev–Trinajstić information content (AvgIpc) is 2.80. The van der Waals surface area contributed by atoms with Crippen LogP contribution in [0.3, 0.4) is 0 Å². The molecule has 0 aromatic carbocycles. The fourth-order valence-corrected chi connectivity index (χ4v) is 2.35. The number of esters is 1. The Kier molecular flexibility index (Phi) is 5.79. The van der Waals surface area contributed by atoms with Gasteiger partial charge in [0.1, 0.15) is 0 Å². The van der Waals surface area contributed by atoms with Gasteiger partial charge in [-0.05, 0) is 25.2 Å². The average molecular weight is 271 g/mol. The molecule has 5 heteroatoms. The highest BCUT2D eigenvalue weighted by Gasteiger charge is 2.28. The van der Waals surface area contributed by atoms with Gasteiger partial charge in [0.2, 0.25) is 5.91 Å². The van der Waals surface area contributed by atoms with Gasteiger partial charge >= 0.3 is 5.97 Å². The maximum atomic E-state index is 12.0. The molecule has 1 heterocycles. The van der Waals surface area contributed by atoms with Crippen molar-refractivity contribution in [1.82, 2.24) is 5.32 Å². The van der Waals surface area contributed by atoms with Crippen molar-refractivity contribution in [3.05, 3.63) is 0 Å². The maximum Gasteiger partial charge on any atom is 0.306 e. The summed E-state index contributed by atoms with van der Waals surface area (Å²) in [4.78, 5) is 23.2. The highest BCUT2D eigenvalue weighted by Crippen LogP contribution is 2.25. The van der Waals surface area contributed by atoms with E-state index in [2.05, 4.69) is 10.1 Å². The minimum atomic E-state index is -0.395. The van der Waals surface area contributed by atoms with Crippen LogP contribution < -0.4 is 5.32 Å². The lowest BCUT2D eigenvalue weighted by Gasteiger charge is -2.25. The number of rotatable bonds is 6. The van der Waals surface area contributed by atoms with Crippen LogP contribution in [0.5, 0.6) is 0 Å². The Morgan fingerprint density at radius 1 is 1.42 bits per heavy atom. The summed E-state index contributed by atoms with van der Waals surface area (Å²) in [5.41, 5.74) is -0.395. The van der Waals surface area contributed by atoms with E-state index in [0.29, 0.717) is 6.42 Å². The summed E-state index contributed by atoms with van der Waals surface area (Å²) in [6.07, 6.45) is 2.71. The summed E-state index contributed by atoms with van der Waals surface area (Å²) in [7, 11) is 1.36. The smallest absolute Gasteiger partial charge is 0.306 e. The van der Waals surface area contributed by atoms with E-state index in [9.17, 15) is 9.59 Å². The van der Waals surface area contributed by atoms with E-state index in [1.165, 1.54) is 7.11 Å². The second-order valence-electron chi connectivity index (χ2n) is 6.00. The van der Waals surface area contributed by atoms with E-state index in [-0.39, 0.29) is 30.4 Å². The Balaban J connectivity index is 2.38. The van der Waals surface area contributed by atoms with Gasteiger partial charge in [-0.15, -0.1) is 0 Å². The Labute approximate surface area is 115 Å². The maximum absolute atomic E-state index is 12.0. The highest BCUT2D eigenvalue weighted by atomic mass is 16.5. The summed E-state index contributed by atoms with van der Waals surface area (Å²) < 4.78 is 10.2. The van der Waals surface area contributed by atoms with Gasteiger partial charge in [0.15, 0.2) is 0 Å². The monoisotopic (exact) mass is 271 g/mol. The van der Waals surface area contributed by atoms with Gasteiger partial charge in [-0.25, -0.2) is 0 Å². The van der Waals surface area contributed by atoms with Gasteiger partial charge in [-0.3, -0.25) is 9.59 Å². The summed E-state index contributed by atoms with van der Waals surface area (Å²) in [5, 5.41) is 2.95. The largest absolute Gasteiger partial charge is 0.469 e. The summed E-state index contributed by atoms with van der Waals surface area (Å²) in [5.74, 6) is -0.332. The molecule has 1 aliphatic heterocycles. The number of hydrogen-bond acceptors (Lipinski definition) is 4. The molecule has 1 fully saturated rings. The van der Waals surface area contributed by atoms with Crippen LogP contribution in [0, 0.1) is 5.41 Å². The lowest BCUT2D eigenvalue weighted by Crippen LogP contribution is -2.42. The molecule has 1 amide bonds. The Morgan fingerprint density at radius 3 is 2.63 bits per heavy atom. The zero-order valence-corrected chi connectivity index (χ0v) is 12.3. The minimum Gasteiger partial charge on any atom is -0.469 e. The molecular formula is C14H25NO4. The first-order chi connectivity index (χ1) is 8.84. The third kappa shape index (κ3) is 5.59. The van der Waals surface area contributed by atoms with E-state index in [1.807, 2.05) is 20.8 Å². The molecule has 2 unspecified atom stereocenters. The first-order valence-corrected chi connectivity index (χ1v) is 6.82. The lowest BCUT2D eigenvalue weighted by atomic mass is 9.85. The molecule has 0 spiro atoms. The zero-order chi connectivity index (χ0) is 14.5. The molecule has 1 aliphatic rings. The van der Waals surface area contributed by atoms with E-state index >= 15 is 0 Å². The molecule has 0 aromatic heterocycles. The molecule has 0 radical (unpaired) electrons. The quantitative estimate of drug-likeness (QED) is 0.746. The van der Waals surface area contributed by atoms with Crippen LogP contribution in [-0.4, -0.2) is 37.7 Å². The second kappa shape index (κ2) is 6.89. The lowest BCUT2D eigenvalue weighted by molar-refractivity contribution is -0.143. The summed E-state index contributed by atoms with van der Waals surface area (Å²) in [6, 6.07) is 0.0175. The van der Waals surface area contributed by atoms with Gasteiger partial charge in [-0.1, -0.05) is 13.8 Å². The van der Waals surface area contributed by atoms with Crippen LogP contribution >= 0.6 is 0 Å². The number of methoxy groups -OCH3 is 1. The number of carbonyl (C=O) groups excluding carboxylic acids is 2. The molecular weight excluding hydrogens is 246 g/mol. The van der Waals surface area contributed by atoms with Crippen LogP contribution in [0.4, 0.5) is 0 Å². The molecule has 19 heavy (non-hydrogen) atoms. The molecule has 0 saturated carbocycles. The van der Waals surface area contributed by atoms with Gasteiger partial charge in [0.05, 0.1) is 25.7 Å². The standard InChI is InChI=1S/C14H25NO4/c1-10(11-6-5-7-19-11)15-12(16)8-14(2,3)9-13(17)18-4/h10-11H,5-9H2,1-4H3,(H,15,16). The van der Waals surface area contributed by atoms with E-state index < -0.39 is 5.41 Å². The molecule has 5 nitrogen and oxygen atoms in total. The molecule has 1 rings (SSSR count). The van der Waals surface area contributed by atoms with Crippen LogP contribution in [0.15, 0.2) is 0 Å². The topological polar surface area (TPSA) is 64.6 Å². The number of carbonyl (C=O) groups is 2. The van der Waals surface area contributed by atoms with E-state index in [4.69, 9.17) is 4.74 Å². The molecule has 0 aromatic rings. The fraction of sp³-hybridized carbons (Fsp3) is 0.857. The molecule has 0 bridgehead atoms. The number of hydrogen-bond donors (Lipinski definition) is 1. The Hall–Kier alpha value is -1.10. The van der Waals surface area contributed by atoms with Gasteiger partial charge < -0.3 is 14.8 Å². The van der Waals surface area contributed by atoms with Crippen molar-refractivity contribution in [3.8, 4) is 0 Å². The van der Waals surface area contributed by atoms with Crippen LogP contribution in [0.1, 0.15) is 46.5 Å². The first kappa shape index (κ1) is 16.0. The second-order valence-corrected chi connectivity index (χ2v) is 6.00. The van der Waals surface area contributed by atoms with Gasteiger partial charge in [-0.2, -0.15) is 0 Å². The molecule has 110 valence electrons. The number of nitrogens with one attached hydrogen (secondary N) is 1. The van der Waals surface area contributed by atoms with Crippen molar-refractivity contribution in [3.63, 3.8) is 0 Å². The Bertz CT molecular complexity index is 321. The normalized spacial score (nSPS) is 20.9. The zero-order valence-electron chi connectivity index (χ0n) is 12.3. The van der Waals surface area contributed by atoms with Crippen molar-refractivity contribution < 1.29 is 19.1 Å². The van der Waals surface area contributed by atoms with Gasteiger partial charge in [0, 0.05) is 13.0 Å². The van der Waals surface area contributed by atoms with Crippen molar-refractivity contribution >= 4 is 11.9 Å². The number of amides is 1. The van der Waals surface area contributed by atoms with Crippen LogP contribution in [0.25, 0.3) is 0 Å². The first-order valence-electron chi connectivity index (χ1n) is 6.82.